The number of nitrogens with one attached hydrogen (secondary N) is 3. The van der Waals surface area contributed by atoms with Gasteiger partial charge >= 0.3 is 0 Å². The molecule has 2 rings (SSSR count). The van der Waals surface area contributed by atoms with Crippen molar-refractivity contribution in [1.82, 2.24) is 16.0 Å². The number of nitrogens with zero attached hydrogens (tertiary/aromatic N) is 1. The van der Waals surface area contributed by atoms with Crippen LogP contribution in [0.4, 0.5) is 0 Å². The first-order valence-electron chi connectivity index (χ1n) is 8.23. The van der Waals surface area contributed by atoms with E-state index in [1.54, 1.807) is 0 Å². The van der Waals surface area contributed by atoms with Crippen LogP contribution in [0.15, 0.2) is 29.3 Å². The molecule has 1 fully saturated rings. The van der Waals surface area contributed by atoms with Gasteiger partial charge in [0.05, 0.1) is 6.54 Å². The van der Waals surface area contributed by atoms with Crippen molar-refractivity contribution in [2.24, 2.45) is 4.99 Å². The lowest BCUT2D eigenvalue weighted by molar-refractivity contribution is -0.121. The molecule has 0 aliphatic heterocycles. The van der Waals surface area contributed by atoms with Crippen LogP contribution >= 0.6 is 35.6 Å². The zero-order valence-corrected chi connectivity index (χ0v) is 17.1. The summed E-state index contributed by atoms with van der Waals surface area (Å²) in [5.74, 6) is 0.919. The maximum Gasteiger partial charge on any atom is 0.220 e. The van der Waals surface area contributed by atoms with E-state index < -0.39 is 0 Å². The highest BCUT2D eigenvalue weighted by molar-refractivity contribution is 14.0. The van der Waals surface area contributed by atoms with Gasteiger partial charge in [-0.25, -0.2) is 4.99 Å². The first-order chi connectivity index (χ1) is 11.2. The van der Waals surface area contributed by atoms with Crippen LogP contribution < -0.4 is 16.0 Å². The van der Waals surface area contributed by atoms with Crippen molar-refractivity contribution in [3.8, 4) is 0 Å². The van der Waals surface area contributed by atoms with Crippen molar-refractivity contribution in [1.29, 1.82) is 0 Å². The molecule has 0 spiro atoms. The van der Waals surface area contributed by atoms with Crippen molar-refractivity contribution >= 4 is 47.4 Å². The third kappa shape index (κ3) is 8.73. The second-order valence-electron chi connectivity index (χ2n) is 5.69. The number of guanidine groups is 1. The van der Waals surface area contributed by atoms with Crippen LogP contribution in [0.1, 0.15) is 38.2 Å². The lowest BCUT2D eigenvalue weighted by Gasteiger charge is -2.11. The average molecular weight is 465 g/mol. The number of halogens is 2. The number of hydrogen-bond acceptors (Lipinski definition) is 2. The van der Waals surface area contributed by atoms with Crippen LogP contribution in [0.5, 0.6) is 0 Å². The molecule has 24 heavy (non-hydrogen) atoms. The van der Waals surface area contributed by atoms with Gasteiger partial charge in [0.25, 0.3) is 0 Å². The molecule has 7 heteroatoms. The third-order valence-corrected chi connectivity index (χ3v) is 3.74. The Morgan fingerprint density at radius 1 is 1.25 bits per heavy atom. The number of carbonyl (C=O) groups is 1. The molecule has 1 saturated carbocycles. The Bertz CT molecular complexity index is 532. The van der Waals surface area contributed by atoms with E-state index in [9.17, 15) is 4.79 Å². The van der Waals surface area contributed by atoms with Gasteiger partial charge in [0.2, 0.25) is 5.91 Å². The van der Waals surface area contributed by atoms with Crippen LogP contribution in [-0.4, -0.2) is 31.0 Å². The van der Waals surface area contributed by atoms with E-state index in [2.05, 4.69) is 20.9 Å². The minimum atomic E-state index is 0. The molecule has 5 nitrogen and oxygen atoms in total. The van der Waals surface area contributed by atoms with E-state index in [1.165, 1.54) is 0 Å². The molecule has 1 aliphatic carbocycles. The highest BCUT2D eigenvalue weighted by atomic mass is 127. The summed E-state index contributed by atoms with van der Waals surface area (Å²) in [5.41, 5.74) is 1.11. The largest absolute Gasteiger partial charge is 0.357 e. The predicted octanol–water partition coefficient (Wildman–Crippen LogP) is 3.07. The Morgan fingerprint density at radius 3 is 2.58 bits per heavy atom. The Labute approximate surface area is 166 Å². The fourth-order valence-corrected chi connectivity index (χ4v) is 2.21. The summed E-state index contributed by atoms with van der Waals surface area (Å²) in [6.45, 7) is 4.15. The molecule has 3 N–H and O–H groups in total. The second-order valence-corrected chi connectivity index (χ2v) is 6.13. The molecule has 0 atom stereocenters. The summed E-state index contributed by atoms with van der Waals surface area (Å²) < 4.78 is 0. The van der Waals surface area contributed by atoms with Gasteiger partial charge in [-0.05, 0) is 43.9 Å². The minimum absolute atomic E-state index is 0. The van der Waals surface area contributed by atoms with Crippen molar-refractivity contribution in [3.05, 3.63) is 34.9 Å². The molecule has 0 radical (unpaired) electrons. The minimum Gasteiger partial charge on any atom is -0.357 e. The van der Waals surface area contributed by atoms with Crippen LogP contribution in [-0.2, 0) is 11.3 Å². The Balaban J connectivity index is 0.00000288. The summed E-state index contributed by atoms with van der Waals surface area (Å²) in [6, 6.07) is 8.11. The lowest BCUT2D eigenvalue weighted by Crippen LogP contribution is -2.38. The van der Waals surface area contributed by atoms with Gasteiger partial charge in [-0.3, -0.25) is 4.79 Å². The summed E-state index contributed by atoms with van der Waals surface area (Å²) in [4.78, 5) is 16.1. The summed E-state index contributed by atoms with van der Waals surface area (Å²) >= 11 is 5.88. The third-order valence-electron chi connectivity index (χ3n) is 3.49. The van der Waals surface area contributed by atoms with Gasteiger partial charge in [0.1, 0.15) is 0 Å². The van der Waals surface area contributed by atoms with Crippen molar-refractivity contribution in [2.45, 2.75) is 45.2 Å². The summed E-state index contributed by atoms with van der Waals surface area (Å²) in [7, 11) is 0. The number of carbonyl (C=O) groups excluding carboxylic acids is 1. The molecule has 1 aromatic rings. The summed E-state index contributed by atoms with van der Waals surface area (Å²) in [5, 5.41) is 10.2. The Morgan fingerprint density at radius 2 is 1.96 bits per heavy atom. The van der Waals surface area contributed by atoms with Crippen LogP contribution in [0.2, 0.25) is 5.02 Å². The van der Waals surface area contributed by atoms with Gasteiger partial charge in [-0.15, -0.1) is 24.0 Å². The zero-order valence-electron chi connectivity index (χ0n) is 14.0. The quantitative estimate of drug-likeness (QED) is 0.240. The Kier molecular flexibility index (Phi) is 10.1. The number of rotatable bonds is 8. The topological polar surface area (TPSA) is 65.5 Å². The van der Waals surface area contributed by atoms with Crippen molar-refractivity contribution < 1.29 is 4.79 Å². The molecule has 0 bridgehead atoms. The first kappa shape index (κ1) is 21.0. The van der Waals surface area contributed by atoms with E-state index >= 15 is 0 Å². The second kappa shape index (κ2) is 11.5. The smallest absolute Gasteiger partial charge is 0.220 e. The van der Waals surface area contributed by atoms with Gasteiger partial charge in [0, 0.05) is 30.6 Å². The van der Waals surface area contributed by atoms with Gasteiger partial charge < -0.3 is 16.0 Å². The molecule has 1 amide bonds. The van der Waals surface area contributed by atoms with Crippen LogP contribution in [0.3, 0.4) is 0 Å². The fourth-order valence-electron chi connectivity index (χ4n) is 2.09. The van der Waals surface area contributed by atoms with Crippen LogP contribution in [0.25, 0.3) is 0 Å². The fraction of sp³-hybridized carbons (Fsp3) is 0.529. The predicted molar refractivity (Wildman–Crippen MR) is 110 cm³/mol. The zero-order chi connectivity index (χ0) is 16.5. The number of hydrogen-bond donors (Lipinski definition) is 3. The maximum atomic E-state index is 11.6. The van der Waals surface area contributed by atoms with Gasteiger partial charge in [0.15, 0.2) is 5.96 Å². The molecule has 1 aromatic carbocycles. The summed E-state index contributed by atoms with van der Waals surface area (Å²) in [6.07, 6.45) is 3.61. The molecule has 0 aromatic heterocycles. The molecule has 0 unspecified atom stereocenters. The number of amides is 1. The Hall–Kier alpha value is -1.02. The van der Waals surface area contributed by atoms with E-state index in [-0.39, 0.29) is 29.9 Å². The lowest BCUT2D eigenvalue weighted by atomic mass is 10.2. The van der Waals surface area contributed by atoms with E-state index in [0.29, 0.717) is 19.0 Å². The van der Waals surface area contributed by atoms with E-state index in [0.717, 1.165) is 48.9 Å². The van der Waals surface area contributed by atoms with Crippen LogP contribution in [0, 0.1) is 0 Å². The maximum absolute atomic E-state index is 11.6. The molecule has 0 heterocycles. The van der Waals surface area contributed by atoms with E-state index in [1.807, 2.05) is 31.2 Å². The number of aliphatic imine (C=N–C) groups is 1. The molecule has 1 aliphatic rings. The van der Waals surface area contributed by atoms with E-state index in [4.69, 9.17) is 11.6 Å². The van der Waals surface area contributed by atoms with Gasteiger partial charge in [-0.2, -0.15) is 0 Å². The molecule has 0 saturated heterocycles. The normalized spacial score (nSPS) is 13.8. The first-order valence-corrected chi connectivity index (χ1v) is 8.61. The van der Waals surface area contributed by atoms with Gasteiger partial charge in [-0.1, -0.05) is 23.7 Å². The standard InChI is InChI=1S/C17H25ClN4O.HI/c1-2-19-17(21-12-13-5-7-14(18)8-6-13)20-11-3-4-16(23)22-15-9-10-15;/h5-8,15H,2-4,9-12H2,1H3,(H,22,23)(H2,19,20,21);1H. The molecule has 134 valence electrons. The SMILES string of the molecule is CCNC(=NCc1ccc(Cl)cc1)NCCCC(=O)NC1CC1.I. The molecular weight excluding hydrogens is 439 g/mol. The number of benzene rings is 1. The monoisotopic (exact) mass is 464 g/mol. The van der Waals surface area contributed by atoms with Crippen molar-refractivity contribution in [2.75, 3.05) is 13.1 Å². The molecular formula is C17H26ClIN4O. The highest BCUT2D eigenvalue weighted by Gasteiger charge is 2.22. The highest BCUT2D eigenvalue weighted by Crippen LogP contribution is 2.18. The average Bonchev–Trinajstić information content (AvgIpc) is 3.34. The van der Waals surface area contributed by atoms with Crippen molar-refractivity contribution in [3.63, 3.8) is 0 Å².